The summed E-state index contributed by atoms with van der Waals surface area (Å²) in [4.78, 5) is 134. The Labute approximate surface area is 388 Å². The van der Waals surface area contributed by atoms with Gasteiger partial charge in [-0.3, -0.25) is 47.9 Å². The van der Waals surface area contributed by atoms with Crippen LogP contribution in [0.3, 0.4) is 0 Å². The Kier molecular flexibility index (Phi) is 20.5. The van der Waals surface area contributed by atoms with Gasteiger partial charge in [-0.25, -0.2) is 4.98 Å². The summed E-state index contributed by atoms with van der Waals surface area (Å²) in [5.41, 5.74) is 13.4. The molecule has 1 aliphatic rings. The zero-order valence-electron chi connectivity index (χ0n) is 36.0. The molecular formula is C39H55ClN12O11S2. The van der Waals surface area contributed by atoms with Crippen LogP contribution in [0.4, 0.5) is 0 Å². The molecule has 1 fully saturated rings. The summed E-state index contributed by atoms with van der Waals surface area (Å²) in [6.45, 7) is 3.99. The number of nitrogens with two attached hydrogens (primary N) is 2. The number of hydrogen-bond donors (Lipinski definition) is 12. The number of aliphatic hydroxyl groups is 1. The largest absolute Gasteiger partial charge is 0.391 e. The number of alkyl halides is 1. The number of amides is 10. The van der Waals surface area contributed by atoms with E-state index in [1.807, 2.05) is 6.92 Å². The first kappa shape index (κ1) is 53.4. The predicted molar refractivity (Wildman–Crippen MR) is 239 cm³/mol. The second kappa shape index (κ2) is 25.0. The fraction of sp³-hybridized carbons (Fsp3) is 0.513. The first-order valence-electron chi connectivity index (χ1n) is 20.0. The van der Waals surface area contributed by atoms with Crippen LogP contribution in [0.25, 0.3) is 10.4 Å². The van der Waals surface area contributed by atoms with Gasteiger partial charge in [0.1, 0.15) is 36.1 Å². The molecule has 0 saturated carbocycles. The third-order valence-corrected chi connectivity index (χ3v) is 11.2. The number of carbonyl (C=O) groups excluding carboxylic acids is 10. The highest BCUT2D eigenvalue weighted by Gasteiger charge is 2.45. The molecule has 0 spiro atoms. The molecule has 2 heterocycles. The quantitative estimate of drug-likeness (QED) is 0.0394. The maximum Gasteiger partial charge on any atom is 0.247 e. The lowest BCUT2D eigenvalue weighted by molar-refractivity contribution is -0.144. The number of likely N-dealkylation sites (tertiary alicyclic amines) is 1. The molecule has 13 N–H and O–H groups in total. The highest BCUT2D eigenvalue weighted by atomic mass is 35.5. The summed E-state index contributed by atoms with van der Waals surface area (Å²) in [5, 5.41) is 29.7. The fourth-order valence-corrected chi connectivity index (χ4v) is 7.40. The average Bonchev–Trinajstić information content (AvgIpc) is 3.89. The van der Waals surface area contributed by atoms with Crippen LogP contribution in [-0.4, -0.2) is 155 Å². The van der Waals surface area contributed by atoms with Crippen LogP contribution in [-0.2, 0) is 47.9 Å². The number of β-amino-alcohol motifs (C(OH)–C–C–N with tert-alkyl or cyclic N) is 1. The van der Waals surface area contributed by atoms with E-state index in [2.05, 4.69) is 60.1 Å². The predicted octanol–water partition coefficient (Wildman–Crippen LogP) is -4.18. The van der Waals surface area contributed by atoms with Crippen LogP contribution in [0.1, 0.15) is 44.5 Å². The number of aromatic nitrogens is 1. The lowest BCUT2D eigenvalue weighted by Gasteiger charge is -2.35. The van der Waals surface area contributed by atoms with Crippen molar-refractivity contribution in [2.75, 3.05) is 50.9 Å². The monoisotopic (exact) mass is 966 g/mol. The minimum absolute atomic E-state index is 0.188. The van der Waals surface area contributed by atoms with Gasteiger partial charge >= 0.3 is 0 Å². The fourth-order valence-electron chi connectivity index (χ4n) is 6.26. The lowest BCUT2D eigenvalue weighted by Crippen LogP contribution is -2.58. The number of hydrogen-bond acceptors (Lipinski definition) is 15. The molecule has 356 valence electrons. The number of benzene rings is 1. The molecule has 1 aliphatic heterocycles. The number of aliphatic hydroxyl groups excluding tert-OH is 1. The molecule has 10 amide bonds. The van der Waals surface area contributed by atoms with E-state index in [0.717, 1.165) is 21.0 Å². The molecule has 2 aromatic rings. The van der Waals surface area contributed by atoms with Gasteiger partial charge in [0.15, 0.2) is 0 Å². The Hall–Kier alpha value is -5.89. The molecule has 1 saturated heterocycles. The number of thiol groups is 1. The standard InChI is InChI=1S/C39H55ClN12O11S2/c1-19-32(65-18-47-19)21-7-5-20(6-8-21)31(51-36(61)25-9-22(53)16-52(25)38(63)33(39(2,3)4)50-27(55)10-40)37(62)46-15-30(58)48-23(11-41)35(60)49-24(17-64)34(59)45-14-29(57)44-13-28(56)43-12-26(42)54/h5-8,18,22-25,31,33,53,64H,9-17,41H2,1-4H3,(H2,42,54)(H,43,56)(H,44,57)(H,45,59)(H,46,62)(H,48,58)(H,49,60)(H,50,55)(H,51,61). The normalized spacial score (nSPS) is 16.4. The van der Waals surface area contributed by atoms with Crippen molar-refractivity contribution in [2.45, 2.75) is 70.4 Å². The van der Waals surface area contributed by atoms with Crippen LogP contribution in [0.5, 0.6) is 0 Å². The van der Waals surface area contributed by atoms with Gasteiger partial charge in [-0.1, -0.05) is 45.0 Å². The maximum atomic E-state index is 14.0. The zero-order chi connectivity index (χ0) is 48.6. The van der Waals surface area contributed by atoms with Crippen LogP contribution in [0.2, 0.25) is 0 Å². The highest BCUT2D eigenvalue weighted by Crippen LogP contribution is 2.30. The average molecular weight is 968 g/mol. The topological polar surface area (TPSA) is 355 Å². The van der Waals surface area contributed by atoms with Crippen LogP contribution in [0.15, 0.2) is 29.8 Å². The molecular weight excluding hydrogens is 912 g/mol. The van der Waals surface area contributed by atoms with Crippen molar-refractivity contribution in [2.24, 2.45) is 16.9 Å². The maximum absolute atomic E-state index is 14.0. The van der Waals surface area contributed by atoms with E-state index < -0.39 is 139 Å². The molecule has 26 heteroatoms. The van der Waals surface area contributed by atoms with Crippen LogP contribution in [0, 0.1) is 12.3 Å². The Bertz CT molecular complexity index is 2090. The van der Waals surface area contributed by atoms with E-state index >= 15 is 0 Å². The summed E-state index contributed by atoms with van der Waals surface area (Å²) in [6.07, 6.45) is -1.30. The first-order chi connectivity index (χ1) is 30.6. The van der Waals surface area contributed by atoms with E-state index in [4.69, 9.17) is 23.1 Å². The molecule has 0 radical (unpaired) electrons. The van der Waals surface area contributed by atoms with Gasteiger partial charge < -0.3 is 64.0 Å². The third-order valence-electron chi connectivity index (χ3n) is 9.66. The molecule has 23 nitrogen and oxygen atoms in total. The smallest absolute Gasteiger partial charge is 0.247 e. The second-order valence-electron chi connectivity index (χ2n) is 15.8. The molecule has 6 unspecified atom stereocenters. The Morgan fingerprint density at radius 3 is 1.98 bits per heavy atom. The minimum atomic E-state index is -1.46. The number of nitrogens with one attached hydrogen (secondary N) is 8. The summed E-state index contributed by atoms with van der Waals surface area (Å²) in [5.74, 6) is -8.54. The van der Waals surface area contributed by atoms with Gasteiger partial charge in [-0.2, -0.15) is 12.6 Å². The van der Waals surface area contributed by atoms with Crippen molar-refractivity contribution in [3.05, 3.63) is 41.0 Å². The van der Waals surface area contributed by atoms with Crippen LogP contribution < -0.4 is 54.0 Å². The number of aryl methyl sites for hydroxylation is 1. The van der Waals surface area contributed by atoms with Gasteiger partial charge in [0, 0.05) is 25.3 Å². The number of rotatable bonds is 22. The van der Waals surface area contributed by atoms with Crippen molar-refractivity contribution in [3.8, 4) is 10.4 Å². The SMILES string of the molecule is Cc1ncsc1-c1ccc(C(NC(=O)C2CC(O)CN2C(=O)C(NC(=O)CCl)C(C)(C)C)C(=O)NCC(=O)NC(CN)C(=O)NC(CS)C(=O)NCC(=O)NCC(=O)NCC(N)=O)cc1. The number of thiazole rings is 1. The Morgan fingerprint density at radius 2 is 1.43 bits per heavy atom. The summed E-state index contributed by atoms with van der Waals surface area (Å²) in [6, 6.07) is 0.0211. The van der Waals surface area contributed by atoms with E-state index in [0.29, 0.717) is 0 Å². The van der Waals surface area contributed by atoms with Crippen molar-refractivity contribution >= 4 is 94.6 Å². The van der Waals surface area contributed by atoms with Gasteiger partial charge in [0.2, 0.25) is 59.1 Å². The van der Waals surface area contributed by atoms with E-state index in [9.17, 15) is 53.1 Å². The van der Waals surface area contributed by atoms with Gasteiger partial charge in [0.25, 0.3) is 0 Å². The summed E-state index contributed by atoms with van der Waals surface area (Å²) >= 11 is 11.2. The van der Waals surface area contributed by atoms with E-state index in [1.165, 1.54) is 11.3 Å². The molecule has 65 heavy (non-hydrogen) atoms. The second-order valence-corrected chi connectivity index (χ2v) is 17.3. The van der Waals surface area contributed by atoms with Gasteiger partial charge in [-0.05, 0) is 23.5 Å². The Balaban J connectivity index is 1.72. The highest BCUT2D eigenvalue weighted by molar-refractivity contribution is 7.80. The van der Waals surface area contributed by atoms with E-state index in [1.54, 1.807) is 50.5 Å². The molecule has 1 aromatic heterocycles. The number of primary amides is 1. The van der Waals surface area contributed by atoms with Gasteiger partial charge in [0.05, 0.1) is 48.4 Å². The van der Waals surface area contributed by atoms with E-state index in [-0.39, 0.29) is 24.3 Å². The third kappa shape index (κ3) is 16.2. The zero-order valence-corrected chi connectivity index (χ0v) is 38.5. The first-order valence-corrected chi connectivity index (χ1v) is 22.1. The summed E-state index contributed by atoms with van der Waals surface area (Å²) < 4.78 is 0. The van der Waals surface area contributed by atoms with Crippen molar-refractivity contribution in [1.29, 1.82) is 0 Å². The number of carbonyl (C=O) groups is 10. The molecule has 0 aliphatic carbocycles. The lowest BCUT2D eigenvalue weighted by atomic mass is 9.85. The Morgan fingerprint density at radius 1 is 0.831 bits per heavy atom. The van der Waals surface area contributed by atoms with Gasteiger partial charge in [-0.15, -0.1) is 22.9 Å². The van der Waals surface area contributed by atoms with Crippen molar-refractivity contribution < 1.29 is 53.1 Å². The molecule has 0 bridgehead atoms. The van der Waals surface area contributed by atoms with Crippen LogP contribution >= 0.6 is 35.6 Å². The molecule has 3 rings (SSSR count). The number of halogens is 1. The molecule has 1 aromatic carbocycles. The minimum Gasteiger partial charge on any atom is -0.391 e. The molecule has 6 atom stereocenters. The van der Waals surface area contributed by atoms with Crippen molar-refractivity contribution in [3.63, 3.8) is 0 Å². The summed E-state index contributed by atoms with van der Waals surface area (Å²) in [7, 11) is 0. The van der Waals surface area contributed by atoms with Crippen molar-refractivity contribution in [1.82, 2.24) is 52.4 Å². The number of nitrogens with zero attached hydrogens (tertiary/aromatic N) is 2.